The molecule has 5 nitrogen and oxygen atoms in total. The molecule has 5 heteroatoms. The van der Waals surface area contributed by atoms with E-state index in [0.717, 1.165) is 24.9 Å². The van der Waals surface area contributed by atoms with Crippen LogP contribution in [0.5, 0.6) is 0 Å². The van der Waals surface area contributed by atoms with Crippen LogP contribution < -0.4 is 0 Å². The highest BCUT2D eigenvalue weighted by molar-refractivity contribution is 5.79. The third-order valence-corrected chi connectivity index (χ3v) is 5.10. The van der Waals surface area contributed by atoms with Crippen LogP contribution in [0.2, 0.25) is 0 Å². The summed E-state index contributed by atoms with van der Waals surface area (Å²) >= 11 is 0. The number of fused-ring (bicyclic) bond motifs is 2. The molecule has 0 amide bonds. The number of ether oxygens (including phenoxy) is 2. The van der Waals surface area contributed by atoms with Crippen molar-refractivity contribution in [3.8, 4) is 0 Å². The van der Waals surface area contributed by atoms with Gasteiger partial charge < -0.3 is 9.47 Å². The fraction of sp³-hybridized carbons (Fsp3) is 0.632. The Balaban J connectivity index is 1.48. The molecular formula is C19H25N3O2. The summed E-state index contributed by atoms with van der Waals surface area (Å²) in [6, 6.07) is 10.1. The fourth-order valence-corrected chi connectivity index (χ4v) is 3.71. The molecule has 2 heterocycles. The summed E-state index contributed by atoms with van der Waals surface area (Å²) in [6.07, 6.45) is 11.2. The number of amidine groups is 1. The summed E-state index contributed by atoms with van der Waals surface area (Å²) in [5, 5.41) is 8.73. The van der Waals surface area contributed by atoms with E-state index >= 15 is 0 Å². The zero-order valence-corrected chi connectivity index (χ0v) is 14.1. The molecule has 4 rings (SSSR count). The first-order valence-electron chi connectivity index (χ1n) is 9.27. The van der Waals surface area contributed by atoms with Crippen LogP contribution in [-0.4, -0.2) is 24.0 Å². The molecule has 2 aliphatic heterocycles. The van der Waals surface area contributed by atoms with E-state index < -0.39 is 5.72 Å². The Morgan fingerprint density at radius 1 is 0.958 bits per heavy atom. The molecule has 1 spiro atoms. The van der Waals surface area contributed by atoms with Gasteiger partial charge in [-0.15, -0.1) is 5.11 Å². The lowest BCUT2D eigenvalue weighted by atomic mass is 9.95. The van der Waals surface area contributed by atoms with Crippen LogP contribution >= 0.6 is 0 Å². The molecule has 3 atom stereocenters. The second kappa shape index (κ2) is 7.01. The predicted octanol–water partition coefficient (Wildman–Crippen LogP) is 5.14. The largest absolute Gasteiger partial charge is 0.429 e. The Hall–Kier alpha value is -1.75. The highest BCUT2D eigenvalue weighted by Crippen LogP contribution is 2.45. The summed E-state index contributed by atoms with van der Waals surface area (Å²) < 4.78 is 12.1. The maximum Gasteiger partial charge on any atom is 0.338 e. The SMILES string of the molecule is c1ccc(N=C2N=NC3(CCCCCCCCCC4OC43)O2)cc1. The number of hydrogen-bond acceptors (Lipinski definition) is 4. The quantitative estimate of drug-likeness (QED) is 0.670. The molecule has 1 aliphatic carbocycles. The monoisotopic (exact) mass is 327 g/mol. The van der Waals surface area contributed by atoms with Crippen LogP contribution in [0.3, 0.4) is 0 Å². The molecule has 1 saturated carbocycles. The third kappa shape index (κ3) is 3.51. The highest BCUT2D eigenvalue weighted by atomic mass is 16.6. The molecule has 24 heavy (non-hydrogen) atoms. The van der Waals surface area contributed by atoms with Gasteiger partial charge in [-0.2, -0.15) is 4.99 Å². The van der Waals surface area contributed by atoms with E-state index in [0.29, 0.717) is 6.02 Å². The van der Waals surface area contributed by atoms with Gasteiger partial charge in [0.25, 0.3) is 5.72 Å². The lowest BCUT2D eigenvalue weighted by molar-refractivity contribution is 0.0360. The standard InChI is InChI=1S/C19H25N3O2/c1-2-4-9-13-16-17(23-16)19(14-10-5-3-1)22-21-18(24-19)20-15-11-7-6-8-12-15/h6-8,11-12,16-17H,1-5,9-10,13-14H2. The summed E-state index contributed by atoms with van der Waals surface area (Å²) in [5.74, 6) is 0. The van der Waals surface area contributed by atoms with Crippen molar-refractivity contribution in [1.82, 2.24) is 0 Å². The Labute approximate surface area is 143 Å². The molecule has 0 aromatic heterocycles. The van der Waals surface area contributed by atoms with E-state index in [1.807, 2.05) is 30.3 Å². The van der Waals surface area contributed by atoms with Crippen molar-refractivity contribution in [3.05, 3.63) is 30.3 Å². The topological polar surface area (TPSA) is 58.8 Å². The van der Waals surface area contributed by atoms with Crippen molar-refractivity contribution in [2.45, 2.75) is 75.7 Å². The minimum Gasteiger partial charge on any atom is -0.429 e. The first-order valence-corrected chi connectivity index (χ1v) is 9.27. The summed E-state index contributed by atoms with van der Waals surface area (Å²) in [7, 11) is 0. The molecule has 1 saturated heterocycles. The average molecular weight is 327 g/mol. The first-order chi connectivity index (χ1) is 11.9. The molecule has 0 N–H and O–H groups in total. The van der Waals surface area contributed by atoms with Gasteiger partial charge in [-0.1, -0.05) is 61.8 Å². The van der Waals surface area contributed by atoms with Crippen LogP contribution in [0.25, 0.3) is 0 Å². The van der Waals surface area contributed by atoms with E-state index in [1.165, 1.54) is 38.5 Å². The number of benzene rings is 1. The molecule has 1 aromatic carbocycles. The van der Waals surface area contributed by atoms with Crippen LogP contribution in [-0.2, 0) is 9.47 Å². The van der Waals surface area contributed by atoms with Gasteiger partial charge in [0.1, 0.15) is 6.10 Å². The lowest BCUT2D eigenvalue weighted by Crippen LogP contribution is -2.36. The van der Waals surface area contributed by atoms with E-state index in [4.69, 9.17) is 9.47 Å². The first kappa shape index (κ1) is 15.8. The van der Waals surface area contributed by atoms with Crippen LogP contribution in [0, 0.1) is 0 Å². The number of hydrogen-bond donors (Lipinski definition) is 0. The second-order valence-corrected chi connectivity index (χ2v) is 6.99. The molecule has 1 aromatic rings. The minimum absolute atomic E-state index is 0.0455. The molecule has 0 bridgehead atoms. The number of epoxide rings is 1. The van der Waals surface area contributed by atoms with Crippen molar-refractivity contribution < 1.29 is 9.47 Å². The van der Waals surface area contributed by atoms with Gasteiger partial charge in [0.2, 0.25) is 0 Å². The summed E-state index contributed by atoms with van der Waals surface area (Å²) in [4.78, 5) is 4.47. The van der Waals surface area contributed by atoms with E-state index in [1.54, 1.807) is 0 Å². The Morgan fingerprint density at radius 3 is 2.54 bits per heavy atom. The van der Waals surface area contributed by atoms with Crippen molar-refractivity contribution in [2.75, 3.05) is 0 Å². The van der Waals surface area contributed by atoms with Crippen molar-refractivity contribution in [2.24, 2.45) is 15.2 Å². The van der Waals surface area contributed by atoms with Crippen LogP contribution in [0.1, 0.15) is 57.8 Å². The van der Waals surface area contributed by atoms with E-state index in [2.05, 4.69) is 15.2 Å². The predicted molar refractivity (Wildman–Crippen MR) is 92.4 cm³/mol. The Morgan fingerprint density at radius 2 is 1.71 bits per heavy atom. The van der Waals surface area contributed by atoms with Crippen molar-refractivity contribution in [3.63, 3.8) is 0 Å². The summed E-state index contributed by atoms with van der Waals surface area (Å²) in [5.41, 5.74) is 0.196. The molecule has 0 radical (unpaired) electrons. The van der Waals surface area contributed by atoms with Gasteiger partial charge >= 0.3 is 6.02 Å². The van der Waals surface area contributed by atoms with Gasteiger partial charge in [-0.05, 0) is 25.0 Å². The van der Waals surface area contributed by atoms with Crippen molar-refractivity contribution in [1.29, 1.82) is 0 Å². The number of azo groups is 1. The van der Waals surface area contributed by atoms with Gasteiger partial charge in [-0.25, -0.2) is 0 Å². The zero-order valence-electron chi connectivity index (χ0n) is 14.1. The zero-order chi connectivity index (χ0) is 16.2. The third-order valence-electron chi connectivity index (χ3n) is 5.10. The van der Waals surface area contributed by atoms with E-state index in [9.17, 15) is 0 Å². The molecular weight excluding hydrogens is 302 g/mol. The van der Waals surface area contributed by atoms with E-state index in [-0.39, 0.29) is 12.2 Å². The maximum atomic E-state index is 6.14. The minimum atomic E-state index is -0.641. The maximum absolute atomic E-state index is 6.14. The Kier molecular flexibility index (Phi) is 4.60. The van der Waals surface area contributed by atoms with Crippen molar-refractivity contribution >= 4 is 11.7 Å². The average Bonchev–Trinajstić information content (AvgIpc) is 3.27. The van der Waals surface area contributed by atoms with Gasteiger partial charge in [0, 0.05) is 6.42 Å². The smallest absolute Gasteiger partial charge is 0.338 e. The molecule has 3 unspecified atom stereocenters. The highest BCUT2D eigenvalue weighted by Gasteiger charge is 2.59. The number of aliphatic imine (C=N–C) groups is 1. The van der Waals surface area contributed by atoms with Gasteiger partial charge in [-0.3, -0.25) is 0 Å². The fourth-order valence-electron chi connectivity index (χ4n) is 3.71. The number of rotatable bonds is 1. The Bertz CT molecular complexity index is 616. The molecule has 128 valence electrons. The lowest BCUT2D eigenvalue weighted by Gasteiger charge is -2.22. The second-order valence-electron chi connectivity index (χ2n) is 6.99. The summed E-state index contributed by atoms with van der Waals surface area (Å²) in [6.45, 7) is 0. The number of para-hydroxylation sites is 1. The van der Waals surface area contributed by atoms with Gasteiger partial charge in [0.05, 0.1) is 11.8 Å². The number of nitrogens with zero attached hydrogens (tertiary/aromatic N) is 3. The van der Waals surface area contributed by atoms with Gasteiger partial charge in [0.15, 0.2) is 0 Å². The normalized spacial score (nSPS) is 35.1. The van der Waals surface area contributed by atoms with Crippen LogP contribution in [0.4, 0.5) is 5.69 Å². The van der Waals surface area contributed by atoms with Crippen LogP contribution in [0.15, 0.2) is 45.6 Å². The molecule has 3 aliphatic rings. The molecule has 2 fully saturated rings.